The smallest absolute Gasteiger partial charge is 0.276 e. The number of carbonyl (C=O) groups is 1. The molecule has 0 spiro atoms. The van der Waals surface area contributed by atoms with E-state index < -0.39 is 0 Å². The first-order chi connectivity index (χ1) is 13.8. The summed E-state index contributed by atoms with van der Waals surface area (Å²) in [5.41, 5.74) is 2.70. The first kappa shape index (κ1) is 21.1. The molecule has 3 rings (SSSR count). The second kappa shape index (κ2) is 8.82. The van der Waals surface area contributed by atoms with Gasteiger partial charge in [0, 0.05) is 34.9 Å². The van der Waals surface area contributed by atoms with Gasteiger partial charge in [-0.15, -0.1) is 0 Å². The zero-order valence-corrected chi connectivity index (χ0v) is 18.1. The number of nitrogens with zero attached hydrogens (tertiary/aromatic N) is 3. The lowest BCUT2D eigenvalue weighted by molar-refractivity contribution is -0.121. The molecule has 1 N–H and O–H groups in total. The number of hydrogen-bond donors (Lipinski definition) is 1. The molecule has 2 heterocycles. The maximum absolute atomic E-state index is 13.0. The van der Waals surface area contributed by atoms with Crippen LogP contribution in [0, 0.1) is 19.8 Å². The van der Waals surface area contributed by atoms with Crippen molar-refractivity contribution in [3.05, 3.63) is 62.8 Å². The fourth-order valence-electron chi connectivity index (χ4n) is 3.46. The van der Waals surface area contributed by atoms with Gasteiger partial charge in [-0.1, -0.05) is 37.6 Å². The number of fused-ring (bicyclic) bond motifs is 1. The molecule has 0 saturated heterocycles. The highest BCUT2D eigenvalue weighted by Crippen LogP contribution is 2.23. The van der Waals surface area contributed by atoms with Crippen molar-refractivity contribution in [2.24, 2.45) is 5.92 Å². The maximum atomic E-state index is 13.0. The summed E-state index contributed by atoms with van der Waals surface area (Å²) in [7, 11) is 0. The fourth-order valence-corrected chi connectivity index (χ4v) is 3.58. The van der Waals surface area contributed by atoms with E-state index in [-0.39, 0.29) is 18.0 Å². The summed E-state index contributed by atoms with van der Waals surface area (Å²) in [4.78, 5) is 25.2. The number of aromatic nitrogens is 3. The molecule has 3 aromatic rings. The van der Waals surface area contributed by atoms with Gasteiger partial charge in [-0.3, -0.25) is 9.59 Å². The van der Waals surface area contributed by atoms with Crippen molar-refractivity contribution in [1.29, 1.82) is 0 Å². The Morgan fingerprint density at radius 3 is 2.52 bits per heavy atom. The van der Waals surface area contributed by atoms with Gasteiger partial charge in [0.15, 0.2) is 0 Å². The predicted molar refractivity (Wildman–Crippen MR) is 116 cm³/mol. The Hall–Kier alpha value is -2.60. The number of amides is 1. The summed E-state index contributed by atoms with van der Waals surface area (Å²) < 4.78 is 3.34. The number of benzene rings is 1. The van der Waals surface area contributed by atoms with Gasteiger partial charge in [0.2, 0.25) is 5.91 Å². The molecule has 0 aliphatic rings. The monoisotopic (exact) mass is 414 g/mol. The van der Waals surface area contributed by atoms with E-state index in [1.54, 1.807) is 6.20 Å². The van der Waals surface area contributed by atoms with Crippen LogP contribution in [0.5, 0.6) is 0 Å². The molecule has 29 heavy (non-hydrogen) atoms. The molecule has 0 bridgehead atoms. The van der Waals surface area contributed by atoms with E-state index >= 15 is 0 Å². The topological polar surface area (TPSA) is 68.9 Å². The van der Waals surface area contributed by atoms with Gasteiger partial charge in [0.25, 0.3) is 5.56 Å². The van der Waals surface area contributed by atoms with Crippen LogP contribution in [0.4, 0.5) is 0 Å². The zero-order valence-electron chi connectivity index (χ0n) is 17.3. The van der Waals surface area contributed by atoms with E-state index in [0.717, 1.165) is 28.8 Å². The minimum Gasteiger partial charge on any atom is -0.354 e. The van der Waals surface area contributed by atoms with Gasteiger partial charge in [0.05, 0.1) is 11.6 Å². The van der Waals surface area contributed by atoms with E-state index in [1.807, 2.05) is 38.1 Å². The minimum absolute atomic E-state index is 0.0757. The molecule has 0 atom stereocenters. The van der Waals surface area contributed by atoms with E-state index in [9.17, 15) is 9.59 Å². The minimum atomic E-state index is -0.239. The van der Waals surface area contributed by atoms with E-state index in [1.165, 1.54) is 4.68 Å². The molecule has 6 nitrogen and oxygen atoms in total. The van der Waals surface area contributed by atoms with Gasteiger partial charge in [-0.2, -0.15) is 5.10 Å². The molecule has 154 valence electrons. The number of rotatable bonds is 7. The summed E-state index contributed by atoms with van der Waals surface area (Å²) in [6, 6.07) is 7.67. The Balaban J connectivity index is 1.88. The van der Waals surface area contributed by atoms with Crippen LogP contribution in [0.25, 0.3) is 10.8 Å². The Morgan fingerprint density at radius 2 is 1.86 bits per heavy atom. The molecule has 0 saturated carbocycles. The van der Waals surface area contributed by atoms with Crippen LogP contribution in [-0.2, 0) is 17.9 Å². The largest absolute Gasteiger partial charge is 0.354 e. The highest BCUT2D eigenvalue weighted by atomic mass is 35.5. The number of aryl methyl sites for hydroxylation is 2. The van der Waals surface area contributed by atoms with E-state index in [0.29, 0.717) is 29.4 Å². The van der Waals surface area contributed by atoms with Gasteiger partial charge in [-0.25, -0.2) is 4.68 Å². The Morgan fingerprint density at radius 1 is 1.17 bits per heavy atom. The summed E-state index contributed by atoms with van der Waals surface area (Å²) in [6.07, 6.45) is 2.58. The number of carbonyl (C=O) groups excluding carboxylic acids is 1. The van der Waals surface area contributed by atoms with Gasteiger partial charge < -0.3 is 9.88 Å². The van der Waals surface area contributed by atoms with Crippen molar-refractivity contribution in [3.63, 3.8) is 0 Å². The van der Waals surface area contributed by atoms with Gasteiger partial charge >= 0.3 is 0 Å². The van der Waals surface area contributed by atoms with Crippen LogP contribution in [0.2, 0.25) is 5.02 Å². The number of halogens is 1. The molecular formula is C22H27ClN4O2. The van der Waals surface area contributed by atoms with E-state index in [2.05, 4.69) is 28.8 Å². The molecule has 1 aromatic carbocycles. The third kappa shape index (κ3) is 4.70. The molecule has 0 unspecified atom stereocenters. The second-order valence-corrected chi connectivity index (χ2v) is 8.25. The highest BCUT2D eigenvalue weighted by molar-refractivity contribution is 6.30. The van der Waals surface area contributed by atoms with Crippen molar-refractivity contribution in [2.45, 2.75) is 47.2 Å². The van der Waals surface area contributed by atoms with Gasteiger partial charge in [0.1, 0.15) is 6.54 Å². The lowest BCUT2D eigenvalue weighted by atomic mass is 10.1. The van der Waals surface area contributed by atoms with Crippen LogP contribution < -0.4 is 10.9 Å². The van der Waals surface area contributed by atoms with Crippen molar-refractivity contribution in [3.8, 4) is 0 Å². The molecule has 0 aliphatic heterocycles. The third-order valence-electron chi connectivity index (χ3n) is 5.20. The van der Waals surface area contributed by atoms with Crippen molar-refractivity contribution in [2.75, 3.05) is 6.54 Å². The molecule has 0 aliphatic carbocycles. The number of hydrogen-bond acceptors (Lipinski definition) is 3. The molecule has 7 heteroatoms. The van der Waals surface area contributed by atoms with Crippen molar-refractivity contribution >= 4 is 28.3 Å². The van der Waals surface area contributed by atoms with Crippen molar-refractivity contribution < 1.29 is 4.79 Å². The molecule has 1 amide bonds. The summed E-state index contributed by atoms with van der Waals surface area (Å²) in [5, 5.41) is 9.21. The first-order valence-corrected chi connectivity index (χ1v) is 10.2. The predicted octanol–water partition coefficient (Wildman–Crippen LogP) is 3.68. The highest BCUT2D eigenvalue weighted by Gasteiger charge is 2.17. The summed E-state index contributed by atoms with van der Waals surface area (Å²) in [6.45, 7) is 9.28. The van der Waals surface area contributed by atoms with Crippen molar-refractivity contribution in [1.82, 2.24) is 19.7 Å². The third-order valence-corrected chi connectivity index (χ3v) is 5.45. The molecule has 0 fully saturated rings. The molecule has 0 radical (unpaired) electrons. The first-order valence-electron chi connectivity index (χ1n) is 9.84. The Labute approximate surface area is 175 Å². The Bertz CT molecular complexity index is 1080. The maximum Gasteiger partial charge on any atom is 0.276 e. The van der Waals surface area contributed by atoms with Crippen LogP contribution in [0.3, 0.4) is 0 Å². The average molecular weight is 415 g/mol. The average Bonchev–Trinajstić information content (AvgIpc) is 2.90. The Kier molecular flexibility index (Phi) is 6.42. The lowest BCUT2D eigenvalue weighted by Crippen LogP contribution is -2.34. The number of nitrogens with one attached hydrogen (secondary N) is 1. The van der Waals surface area contributed by atoms with E-state index in [4.69, 9.17) is 11.6 Å². The normalized spacial score (nSPS) is 11.4. The SMILES string of the molecule is Cc1c2cnn(CC(=O)NCCC(C)C)c(=O)c2c(C)n1Cc1ccc(Cl)cc1. The second-order valence-electron chi connectivity index (χ2n) is 7.81. The quantitative estimate of drug-likeness (QED) is 0.641. The lowest BCUT2D eigenvalue weighted by Gasteiger charge is -2.09. The zero-order chi connectivity index (χ0) is 21.1. The molecule has 2 aromatic heterocycles. The van der Waals surface area contributed by atoms with Gasteiger partial charge in [-0.05, 0) is 43.9 Å². The molecular weight excluding hydrogens is 388 g/mol. The van der Waals surface area contributed by atoms with Crippen LogP contribution in [0.15, 0.2) is 35.3 Å². The summed E-state index contributed by atoms with van der Waals surface area (Å²) >= 11 is 5.98. The van der Waals surface area contributed by atoms with Crippen LogP contribution >= 0.6 is 11.6 Å². The van der Waals surface area contributed by atoms with Crippen LogP contribution in [0.1, 0.15) is 37.2 Å². The standard InChI is InChI=1S/C22H27ClN4O2/c1-14(2)9-10-24-20(28)13-27-22(29)21-16(4)26(15(3)19(21)11-25-27)12-17-5-7-18(23)8-6-17/h5-8,11,14H,9-10,12-13H2,1-4H3,(H,24,28). The summed E-state index contributed by atoms with van der Waals surface area (Å²) in [5.74, 6) is 0.313. The fraction of sp³-hybridized carbons (Fsp3) is 0.409. The van der Waals surface area contributed by atoms with Crippen LogP contribution in [-0.4, -0.2) is 26.8 Å².